The zero-order chi connectivity index (χ0) is 14.5. The third-order valence-corrected chi connectivity index (χ3v) is 2.91. The number of rotatable bonds is 5. The summed E-state index contributed by atoms with van der Waals surface area (Å²) in [5.74, 6) is -0.323. The first-order chi connectivity index (χ1) is 9.60. The van der Waals surface area contributed by atoms with Crippen LogP contribution >= 0.6 is 11.6 Å². The molecule has 0 saturated heterocycles. The number of hydrogen-bond acceptors (Lipinski definition) is 4. The molecule has 0 spiro atoms. The number of nitrogens with zero attached hydrogens (tertiary/aromatic N) is 2. The van der Waals surface area contributed by atoms with Crippen molar-refractivity contribution in [2.45, 2.75) is 6.54 Å². The number of amides is 1. The molecule has 0 atom stereocenters. The van der Waals surface area contributed by atoms with Crippen molar-refractivity contribution in [3.8, 4) is 0 Å². The molecule has 0 aliphatic heterocycles. The summed E-state index contributed by atoms with van der Waals surface area (Å²) in [6, 6.07) is 4.76. The van der Waals surface area contributed by atoms with Crippen LogP contribution in [0.15, 0.2) is 30.6 Å². The van der Waals surface area contributed by atoms with Gasteiger partial charge < -0.3 is 15.8 Å². The molecule has 1 heterocycles. The molecule has 2 rings (SSSR count). The fraction of sp³-hybridized carbons (Fsp3) is 0.231. The number of benzene rings is 1. The lowest BCUT2D eigenvalue weighted by molar-refractivity contribution is 0.102. The van der Waals surface area contributed by atoms with Crippen LogP contribution in [-0.4, -0.2) is 29.4 Å². The summed E-state index contributed by atoms with van der Waals surface area (Å²) in [5, 5.41) is 7.28. The number of aromatic nitrogens is 2. The van der Waals surface area contributed by atoms with Crippen molar-refractivity contribution in [3.63, 3.8) is 0 Å². The number of carbonyl (C=O) groups excluding carboxylic acids is 1. The largest absolute Gasteiger partial charge is 0.398 e. The molecule has 7 heteroatoms. The average Bonchev–Trinajstić information content (AvgIpc) is 2.86. The van der Waals surface area contributed by atoms with E-state index in [1.807, 2.05) is 0 Å². The molecule has 20 heavy (non-hydrogen) atoms. The first-order valence-electron chi connectivity index (χ1n) is 5.98. The van der Waals surface area contributed by atoms with Gasteiger partial charge in [-0.3, -0.25) is 9.48 Å². The monoisotopic (exact) mass is 294 g/mol. The highest BCUT2D eigenvalue weighted by atomic mass is 35.5. The quantitative estimate of drug-likeness (QED) is 0.827. The molecule has 1 aromatic heterocycles. The van der Waals surface area contributed by atoms with Gasteiger partial charge in [0.2, 0.25) is 0 Å². The third-order valence-electron chi connectivity index (χ3n) is 2.68. The molecule has 0 saturated carbocycles. The summed E-state index contributed by atoms with van der Waals surface area (Å²) in [5.41, 5.74) is 7.06. The number of nitrogens with two attached hydrogens (primary N) is 1. The fourth-order valence-electron chi connectivity index (χ4n) is 1.66. The summed E-state index contributed by atoms with van der Waals surface area (Å²) in [4.78, 5) is 12.1. The molecule has 1 amide bonds. The Balaban J connectivity index is 2.07. The van der Waals surface area contributed by atoms with E-state index in [0.29, 0.717) is 35.1 Å². The van der Waals surface area contributed by atoms with E-state index in [4.69, 9.17) is 22.1 Å². The predicted molar refractivity (Wildman–Crippen MR) is 77.9 cm³/mol. The maximum absolute atomic E-state index is 12.1. The first kappa shape index (κ1) is 14.4. The van der Waals surface area contributed by atoms with Crippen molar-refractivity contribution in [1.29, 1.82) is 0 Å². The number of methoxy groups -OCH3 is 1. The van der Waals surface area contributed by atoms with E-state index in [0.717, 1.165) is 0 Å². The first-order valence-corrected chi connectivity index (χ1v) is 6.35. The van der Waals surface area contributed by atoms with Gasteiger partial charge >= 0.3 is 0 Å². The SMILES string of the molecule is COCCn1cc(NC(=O)c2cc(Cl)ccc2N)cn1. The molecule has 0 aliphatic rings. The van der Waals surface area contributed by atoms with Gasteiger partial charge in [0, 0.05) is 24.0 Å². The van der Waals surface area contributed by atoms with Crippen molar-refractivity contribution < 1.29 is 9.53 Å². The summed E-state index contributed by atoms with van der Waals surface area (Å²) in [6.45, 7) is 1.17. The Kier molecular flexibility index (Phi) is 4.60. The topological polar surface area (TPSA) is 82.2 Å². The zero-order valence-electron chi connectivity index (χ0n) is 11.0. The fourth-order valence-corrected chi connectivity index (χ4v) is 1.83. The van der Waals surface area contributed by atoms with Crippen LogP contribution in [0.4, 0.5) is 11.4 Å². The standard InChI is InChI=1S/C13H15ClN4O2/c1-20-5-4-18-8-10(7-16-18)17-13(19)11-6-9(14)2-3-12(11)15/h2-3,6-8H,4-5,15H2,1H3,(H,17,19). The third kappa shape index (κ3) is 3.49. The van der Waals surface area contributed by atoms with Crippen molar-refractivity contribution in [1.82, 2.24) is 9.78 Å². The number of nitrogen functional groups attached to an aromatic ring is 1. The van der Waals surface area contributed by atoms with Gasteiger partial charge in [-0.15, -0.1) is 0 Å². The van der Waals surface area contributed by atoms with Crippen LogP contribution in [0.3, 0.4) is 0 Å². The minimum Gasteiger partial charge on any atom is -0.398 e. The lowest BCUT2D eigenvalue weighted by Crippen LogP contribution is -2.13. The molecular weight excluding hydrogens is 280 g/mol. The van der Waals surface area contributed by atoms with Crippen LogP contribution in [0.25, 0.3) is 0 Å². The van der Waals surface area contributed by atoms with Gasteiger partial charge in [-0.05, 0) is 18.2 Å². The number of ether oxygens (including phenoxy) is 1. The van der Waals surface area contributed by atoms with Crippen molar-refractivity contribution in [2.75, 3.05) is 24.8 Å². The minimum absolute atomic E-state index is 0.323. The molecule has 1 aromatic carbocycles. The second-order valence-electron chi connectivity index (χ2n) is 4.17. The van der Waals surface area contributed by atoms with Gasteiger partial charge in [0.25, 0.3) is 5.91 Å². The van der Waals surface area contributed by atoms with Crippen LogP contribution in [0.2, 0.25) is 5.02 Å². The second kappa shape index (κ2) is 6.40. The number of hydrogen-bond donors (Lipinski definition) is 2. The van der Waals surface area contributed by atoms with E-state index in [9.17, 15) is 4.79 Å². The molecule has 6 nitrogen and oxygen atoms in total. The van der Waals surface area contributed by atoms with E-state index >= 15 is 0 Å². The number of anilines is 2. The summed E-state index contributed by atoms with van der Waals surface area (Å²) >= 11 is 5.86. The van der Waals surface area contributed by atoms with Crippen molar-refractivity contribution >= 4 is 28.9 Å². The van der Waals surface area contributed by atoms with Crippen molar-refractivity contribution in [2.24, 2.45) is 0 Å². The number of halogens is 1. The van der Waals surface area contributed by atoms with E-state index in [1.165, 1.54) is 6.07 Å². The Hall–Kier alpha value is -2.05. The summed E-state index contributed by atoms with van der Waals surface area (Å²) in [7, 11) is 1.62. The smallest absolute Gasteiger partial charge is 0.257 e. The van der Waals surface area contributed by atoms with Gasteiger partial charge in [-0.1, -0.05) is 11.6 Å². The van der Waals surface area contributed by atoms with Crippen LogP contribution in [0.1, 0.15) is 10.4 Å². The number of nitrogens with one attached hydrogen (secondary N) is 1. The van der Waals surface area contributed by atoms with Gasteiger partial charge in [-0.25, -0.2) is 0 Å². The van der Waals surface area contributed by atoms with Crippen LogP contribution in [0, 0.1) is 0 Å². The predicted octanol–water partition coefficient (Wildman–Crippen LogP) is 2.02. The van der Waals surface area contributed by atoms with E-state index in [1.54, 1.807) is 36.3 Å². The molecule has 106 valence electrons. The molecule has 0 aliphatic carbocycles. The Morgan fingerprint density at radius 2 is 2.35 bits per heavy atom. The highest BCUT2D eigenvalue weighted by Gasteiger charge is 2.11. The van der Waals surface area contributed by atoms with Gasteiger partial charge in [0.1, 0.15) is 0 Å². The number of carbonyl (C=O) groups is 1. The molecule has 3 N–H and O–H groups in total. The Bertz CT molecular complexity index is 612. The summed E-state index contributed by atoms with van der Waals surface area (Å²) < 4.78 is 6.64. The van der Waals surface area contributed by atoms with Crippen LogP contribution in [-0.2, 0) is 11.3 Å². The molecule has 0 radical (unpaired) electrons. The van der Waals surface area contributed by atoms with Gasteiger partial charge in [-0.2, -0.15) is 5.10 Å². The Labute approximate surface area is 121 Å². The van der Waals surface area contributed by atoms with E-state index in [-0.39, 0.29) is 5.91 Å². The van der Waals surface area contributed by atoms with E-state index in [2.05, 4.69) is 10.4 Å². The lowest BCUT2D eigenvalue weighted by atomic mass is 10.1. The molecule has 0 unspecified atom stereocenters. The van der Waals surface area contributed by atoms with Crippen LogP contribution < -0.4 is 11.1 Å². The van der Waals surface area contributed by atoms with Crippen LogP contribution in [0.5, 0.6) is 0 Å². The highest BCUT2D eigenvalue weighted by molar-refractivity contribution is 6.31. The second-order valence-corrected chi connectivity index (χ2v) is 4.61. The van der Waals surface area contributed by atoms with E-state index < -0.39 is 0 Å². The lowest BCUT2D eigenvalue weighted by Gasteiger charge is -2.06. The molecular formula is C13H15ClN4O2. The Morgan fingerprint density at radius 1 is 1.55 bits per heavy atom. The Morgan fingerprint density at radius 3 is 3.10 bits per heavy atom. The molecule has 0 fully saturated rings. The maximum atomic E-state index is 12.1. The highest BCUT2D eigenvalue weighted by Crippen LogP contribution is 2.19. The van der Waals surface area contributed by atoms with Gasteiger partial charge in [0.05, 0.1) is 30.6 Å². The molecule has 2 aromatic rings. The minimum atomic E-state index is -0.323. The summed E-state index contributed by atoms with van der Waals surface area (Å²) in [6.07, 6.45) is 3.28. The molecule has 0 bridgehead atoms. The zero-order valence-corrected chi connectivity index (χ0v) is 11.7. The average molecular weight is 295 g/mol. The normalized spacial score (nSPS) is 10.5. The maximum Gasteiger partial charge on any atom is 0.257 e. The van der Waals surface area contributed by atoms with Crippen molar-refractivity contribution in [3.05, 3.63) is 41.2 Å². The van der Waals surface area contributed by atoms with Gasteiger partial charge in [0.15, 0.2) is 0 Å².